The van der Waals surface area contributed by atoms with E-state index in [0.717, 1.165) is 50.1 Å². The Bertz CT molecular complexity index is 831. The van der Waals surface area contributed by atoms with Gasteiger partial charge in [0.15, 0.2) is 0 Å². The summed E-state index contributed by atoms with van der Waals surface area (Å²) >= 11 is 0. The molecule has 162 valence electrons. The Morgan fingerprint density at radius 2 is 1.73 bits per heavy atom. The summed E-state index contributed by atoms with van der Waals surface area (Å²) in [6, 6.07) is 12.2. The lowest BCUT2D eigenvalue weighted by Crippen LogP contribution is -2.54. The molecule has 0 unspecified atom stereocenters. The first-order valence-electron chi connectivity index (χ1n) is 11.1. The van der Waals surface area contributed by atoms with Gasteiger partial charge in [-0.05, 0) is 26.3 Å². The number of likely N-dealkylation sites (N-methyl/N-ethyl adjacent to an activating group) is 1. The van der Waals surface area contributed by atoms with Gasteiger partial charge >= 0.3 is 0 Å². The topological polar surface area (TPSA) is 52.6 Å². The minimum Gasteiger partial charge on any atom is -0.354 e. The van der Waals surface area contributed by atoms with Gasteiger partial charge in [-0.15, -0.1) is 0 Å². The van der Waals surface area contributed by atoms with E-state index in [1.807, 2.05) is 36.9 Å². The molecule has 2 heterocycles. The third-order valence-electron chi connectivity index (χ3n) is 5.83. The summed E-state index contributed by atoms with van der Waals surface area (Å²) in [7, 11) is 0. The van der Waals surface area contributed by atoms with E-state index in [-0.39, 0.29) is 11.9 Å². The average Bonchev–Trinajstić information content (AvgIpc) is 2.77. The summed E-state index contributed by atoms with van der Waals surface area (Å²) in [6.07, 6.45) is 0. The van der Waals surface area contributed by atoms with E-state index in [4.69, 9.17) is 4.98 Å². The zero-order valence-corrected chi connectivity index (χ0v) is 19.0. The number of carbonyl (C=O) groups excluding carboxylic acids is 1. The van der Waals surface area contributed by atoms with Crippen molar-refractivity contribution in [1.82, 2.24) is 19.8 Å². The number of hydrogen-bond acceptors (Lipinski definition) is 5. The fourth-order valence-electron chi connectivity index (χ4n) is 3.90. The lowest BCUT2D eigenvalue weighted by atomic mass is 10.1. The summed E-state index contributed by atoms with van der Waals surface area (Å²) in [5.74, 6) is 2.42. The fourth-order valence-corrected chi connectivity index (χ4v) is 3.90. The first-order chi connectivity index (χ1) is 14.4. The normalized spacial score (nSPS) is 16.0. The van der Waals surface area contributed by atoms with Crippen molar-refractivity contribution in [2.45, 2.75) is 53.1 Å². The molecule has 0 saturated carbocycles. The number of carbonyl (C=O) groups is 1. The molecule has 1 amide bonds. The number of nitrogens with zero attached hydrogens (tertiary/aromatic N) is 5. The minimum atomic E-state index is -0.117. The molecule has 6 heteroatoms. The van der Waals surface area contributed by atoms with Crippen LogP contribution in [0.4, 0.5) is 5.82 Å². The third-order valence-corrected chi connectivity index (χ3v) is 5.83. The summed E-state index contributed by atoms with van der Waals surface area (Å²) in [6.45, 7) is 15.2. The minimum absolute atomic E-state index is 0.117. The number of amides is 1. The molecule has 1 aliphatic heterocycles. The quantitative estimate of drug-likeness (QED) is 0.701. The Morgan fingerprint density at radius 3 is 2.33 bits per heavy atom. The van der Waals surface area contributed by atoms with Crippen LogP contribution in [-0.4, -0.2) is 64.4 Å². The van der Waals surface area contributed by atoms with E-state index in [0.29, 0.717) is 12.5 Å². The second-order valence-electron chi connectivity index (χ2n) is 8.42. The third kappa shape index (κ3) is 5.36. The number of hydrogen-bond donors (Lipinski definition) is 0. The van der Waals surface area contributed by atoms with Gasteiger partial charge in [0, 0.05) is 56.9 Å². The van der Waals surface area contributed by atoms with Gasteiger partial charge in [0.05, 0.1) is 6.04 Å². The van der Waals surface area contributed by atoms with Crippen molar-refractivity contribution in [3.8, 4) is 0 Å². The molecule has 0 aliphatic carbocycles. The smallest absolute Gasteiger partial charge is 0.239 e. The maximum Gasteiger partial charge on any atom is 0.239 e. The van der Waals surface area contributed by atoms with Crippen molar-refractivity contribution < 1.29 is 4.79 Å². The van der Waals surface area contributed by atoms with Gasteiger partial charge in [-0.2, -0.15) is 0 Å². The van der Waals surface area contributed by atoms with Crippen LogP contribution in [0.3, 0.4) is 0 Å². The van der Waals surface area contributed by atoms with Crippen LogP contribution in [0.15, 0.2) is 36.4 Å². The predicted molar refractivity (Wildman–Crippen MR) is 122 cm³/mol. The second-order valence-corrected chi connectivity index (χ2v) is 8.42. The van der Waals surface area contributed by atoms with Crippen LogP contribution in [0.5, 0.6) is 0 Å². The van der Waals surface area contributed by atoms with Crippen LogP contribution >= 0.6 is 0 Å². The molecular formula is C24H35N5O. The van der Waals surface area contributed by atoms with Crippen molar-refractivity contribution in [3.63, 3.8) is 0 Å². The first kappa shape index (κ1) is 22.2. The van der Waals surface area contributed by atoms with Crippen LogP contribution in [-0.2, 0) is 11.3 Å². The Hall–Kier alpha value is -2.47. The highest BCUT2D eigenvalue weighted by Gasteiger charge is 2.29. The molecule has 3 rings (SSSR count). The predicted octanol–water partition coefficient (Wildman–Crippen LogP) is 3.47. The maximum atomic E-state index is 13.1. The van der Waals surface area contributed by atoms with Crippen molar-refractivity contribution in [3.05, 3.63) is 53.5 Å². The number of piperazine rings is 1. The van der Waals surface area contributed by atoms with Crippen molar-refractivity contribution in [1.29, 1.82) is 0 Å². The van der Waals surface area contributed by atoms with Crippen LogP contribution in [0.1, 0.15) is 50.7 Å². The maximum absolute atomic E-state index is 13.1. The molecule has 1 atom stereocenters. The van der Waals surface area contributed by atoms with Gasteiger partial charge in [0.2, 0.25) is 5.91 Å². The van der Waals surface area contributed by atoms with Crippen molar-refractivity contribution in [2.75, 3.05) is 37.6 Å². The van der Waals surface area contributed by atoms with Gasteiger partial charge in [0.1, 0.15) is 11.6 Å². The van der Waals surface area contributed by atoms with Gasteiger partial charge in [0.25, 0.3) is 0 Å². The molecule has 1 saturated heterocycles. The van der Waals surface area contributed by atoms with Crippen LogP contribution in [0.2, 0.25) is 0 Å². The highest BCUT2D eigenvalue weighted by molar-refractivity contribution is 5.81. The highest BCUT2D eigenvalue weighted by atomic mass is 16.2. The molecule has 2 aromatic rings. The second kappa shape index (κ2) is 10.0. The lowest BCUT2D eigenvalue weighted by Gasteiger charge is -2.39. The molecule has 0 bridgehead atoms. The molecule has 1 aromatic heterocycles. The molecule has 1 aliphatic rings. The van der Waals surface area contributed by atoms with Crippen LogP contribution in [0, 0.1) is 6.92 Å². The van der Waals surface area contributed by atoms with E-state index in [2.05, 4.69) is 53.8 Å². The molecule has 0 radical (unpaired) electrons. The molecule has 0 N–H and O–H groups in total. The number of aryl methyl sites for hydroxylation is 1. The van der Waals surface area contributed by atoms with Crippen molar-refractivity contribution >= 4 is 11.7 Å². The van der Waals surface area contributed by atoms with E-state index < -0.39 is 0 Å². The largest absolute Gasteiger partial charge is 0.354 e. The zero-order valence-electron chi connectivity index (χ0n) is 19.0. The SMILES string of the molecule is CCN(Cc1ccccc1)C(=O)[C@@H](C)N1CCN(c2cc(C)nc(C(C)C)n2)CC1. The monoisotopic (exact) mass is 409 g/mol. The van der Waals surface area contributed by atoms with Gasteiger partial charge in [-0.3, -0.25) is 9.69 Å². The van der Waals surface area contributed by atoms with Gasteiger partial charge in [-0.25, -0.2) is 9.97 Å². The number of benzene rings is 1. The Kier molecular flexibility index (Phi) is 7.43. The van der Waals surface area contributed by atoms with E-state index in [1.54, 1.807) is 0 Å². The molecule has 0 spiro atoms. The van der Waals surface area contributed by atoms with Gasteiger partial charge in [-0.1, -0.05) is 44.2 Å². The average molecular weight is 410 g/mol. The standard InChI is InChI=1S/C24H35N5O/c1-6-27(17-21-10-8-7-9-11-21)24(30)20(5)28-12-14-29(15-13-28)22-16-19(4)25-23(26-22)18(2)3/h7-11,16,18,20H,6,12-15,17H2,1-5H3/t20-/m1/s1. The van der Waals surface area contributed by atoms with Crippen LogP contribution in [0.25, 0.3) is 0 Å². The highest BCUT2D eigenvalue weighted by Crippen LogP contribution is 2.20. The molecule has 1 aromatic carbocycles. The van der Waals surface area contributed by atoms with Crippen LogP contribution < -0.4 is 4.90 Å². The number of aromatic nitrogens is 2. The molecule has 6 nitrogen and oxygen atoms in total. The molecule has 1 fully saturated rings. The van der Waals surface area contributed by atoms with E-state index in [9.17, 15) is 4.79 Å². The molecule has 30 heavy (non-hydrogen) atoms. The summed E-state index contributed by atoms with van der Waals surface area (Å²) in [4.78, 5) is 29.0. The fraction of sp³-hybridized carbons (Fsp3) is 0.542. The summed E-state index contributed by atoms with van der Waals surface area (Å²) < 4.78 is 0. The summed E-state index contributed by atoms with van der Waals surface area (Å²) in [5.41, 5.74) is 2.18. The zero-order chi connectivity index (χ0) is 21.7. The lowest BCUT2D eigenvalue weighted by molar-refractivity contribution is -0.137. The summed E-state index contributed by atoms with van der Waals surface area (Å²) in [5, 5.41) is 0. The number of anilines is 1. The molecular weight excluding hydrogens is 374 g/mol. The first-order valence-corrected chi connectivity index (χ1v) is 11.1. The van der Waals surface area contributed by atoms with Gasteiger partial charge < -0.3 is 9.80 Å². The van der Waals surface area contributed by atoms with Crippen molar-refractivity contribution in [2.24, 2.45) is 0 Å². The Balaban J connectivity index is 1.60. The number of rotatable bonds is 7. The van der Waals surface area contributed by atoms with E-state index >= 15 is 0 Å². The van der Waals surface area contributed by atoms with E-state index in [1.165, 1.54) is 5.56 Å². The Morgan fingerprint density at radius 1 is 1.07 bits per heavy atom. The Labute approximate surface area is 180 Å².